The van der Waals surface area contributed by atoms with Crippen LogP contribution in [0.3, 0.4) is 0 Å². The summed E-state index contributed by atoms with van der Waals surface area (Å²) in [6.45, 7) is 7.41. The molecule has 9 rings (SSSR count). The molecule has 0 spiro atoms. The number of nitrogens with one attached hydrogen (secondary N) is 9. The van der Waals surface area contributed by atoms with Crippen LogP contribution in [0.15, 0.2) is 146 Å². The molecule has 0 fully saturated rings. The molecule has 0 radical (unpaired) electrons. The highest BCUT2D eigenvalue weighted by atomic mass is 35.5. The van der Waals surface area contributed by atoms with Crippen molar-refractivity contribution in [3.8, 4) is 0 Å². The Morgan fingerprint density at radius 1 is 0.382 bits per heavy atom. The molecule has 89 heavy (non-hydrogen) atoms. The lowest BCUT2D eigenvalue weighted by Gasteiger charge is -2.22. The van der Waals surface area contributed by atoms with E-state index < -0.39 is 18.1 Å². The van der Waals surface area contributed by atoms with Crippen molar-refractivity contribution in [3.05, 3.63) is 196 Å². The smallest absolute Gasteiger partial charge is 0.246 e. The molecule has 6 amide bonds. The highest BCUT2D eigenvalue weighted by Crippen LogP contribution is 2.35. The number of aromatic nitrogens is 3. The summed E-state index contributed by atoms with van der Waals surface area (Å²) in [5.41, 5.74) is 30.4. The monoisotopic (exact) mass is 1220 g/mol. The number of hydrogen-bond acceptors (Lipinski definition) is 9. The van der Waals surface area contributed by atoms with E-state index >= 15 is 0 Å². The predicted octanol–water partition coefficient (Wildman–Crippen LogP) is 10.0. The molecule has 3 heterocycles. The van der Waals surface area contributed by atoms with E-state index in [1.165, 1.54) is 0 Å². The van der Waals surface area contributed by atoms with Gasteiger partial charge in [-0.1, -0.05) is 91.0 Å². The Labute approximate surface area is 525 Å². The van der Waals surface area contributed by atoms with E-state index in [0.29, 0.717) is 94.5 Å². The molecule has 9 aromatic rings. The summed E-state index contributed by atoms with van der Waals surface area (Å²) in [6.07, 6.45) is 11.0. The number of H-pyrrole nitrogens is 3. The number of carbonyl (C=O) groups is 6. The van der Waals surface area contributed by atoms with Gasteiger partial charge in [0.05, 0.1) is 19.3 Å². The second kappa shape index (κ2) is 31.7. The summed E-state index contributed by atoms with van der Waals surface area (Å²) >= 11 is 0. The van der Waals surface area contributed by atoms with E-state index in [0.717, 1.165) is 82.8 Å². The Morgan fingerprint density at radius 3 is 0.910 bits per heavy atom. The SMILES string of the molecule is Cc1cccc2c(CC(=O)N[C@H](CCCCN)C(=O)Nc3ccc(C(c4ccc(NC(=O)[C@@H](CCCCN)NC(=O)Cc5c[nH]c6c(C)cccc56)cc4)c4ccc(NC(=O)[C@@H](CCCCN)NC(=O)Cc5c[nH]c6c(C)cccc56)cc4)cc3)c[nH]c12.Cl. The van der Waals surface area contributed by atoms with Gasteiger partial charge in [0.1, 0.15) is 18.1 Å². The maximum absolute atomic E-state index is 14.1. The van der Waals surface area contributed by atoms with Crippen LogP contribution in [0, 0.1) is 20.8 Å². The first kappa shape index (κ1) is 65.9. The largest absolute Gasteiger partial charge is 0.361 e. The topological polar surface area (TPSA) is 300 Å². The van der Waals surface area contributed by atoms with Crippen LogP contribution in [0.5, 0.6) is 0 Å². The van der Waals surface area contributed by atoms with E-state index in [1.54, 1.807) is 0 Å². The van der Waals surface area contributed by atoms with Crippen molar-refractivity contribution in [1.29, 1.82) is 0 Å². The molecular formula is C70H83ClN12O6. The number of unbranched alkanes of at least 4 members (excludes halogenated alkanes) is 3. The summed E-state index contributed by atoms with van der Waals surface area (Å²) in [6, 6.07) is 38.0. The van der Waals surface area contributed by atoms with Gasteiger partial charge in [0.25, 0.3) is 0 Å². The lowest BCUT2D eigenvalue weighted by molar-refractivity contribution is -0.126. The Kier molecular flexibility index (Phi) is 23.5. The van der Waals surface area contributed by atoms with E-state index in [-0.39, 0.29) is 73.0 Å². The van der Waals surface area contributed by atoms with Gasteiger partial charge < -0.3 is 64.1 Å². The fraction of sp³-hybridized carbons (Fsp3) is 0.314. The third-order valence-corrected chi connectivity index (χ3v) is 16.4. The quantitative estimate of drug-likeness (QED) is 0.0150. The van der Waals surface area contributed by atoms with Crippen LogP contribution in [-0.2, 0) is 48.0 Å². The van der Waals surface area contributed by atoms with Crippen molar-refractivity contribution in [2.24, 2.45) is 17.2 Å². The summed E-state index contributed by atoms with van der Waals surface area (Å²) in [5.74, 6) is -2.25. The molecule has 466 valence electrons. The summed E-state index contributed by atoms with van der Waals surface area (Å²) in [7, 11) is 0. The van der Waals surface area contributed by atoms with Gasteiger partial charge in [-0.05, 0) is 185 Å². The zero-order chi connectivity index (χ0) is 62.1. The molecule has 0 saturated heterocycles. The third kappa shape index (κ3) is 17.2. The number of halogens is 1. The first-order valence-corrected chi connectivity index (χ1v) is 30.6. The molecule has 6 aromatic carbocycles. The fourth-order valence-electron chi connectivity index (χ4n) is 11.6. The van der Waals surface area contributed by atoms with Crippen LogP contribution in [0.4, 0.5) is 17.1 Å². The summed E-state index contributed by atoms with van der Waals surface area (Å²) in [5, 5.41) is 21.0. The van der Waals surface area contributed by atoms with Gasteiger partial charge in [-0.3, -0.25) is 28.8 Å². The average molecular weight is 1220 g/mol. The molecule has 3 atom stereocenters. The minimum Gasteiger partial charge on any atom is -0.361 e. The number of amides is 6. The Balaban J connectivity index is 0.0000102. The highest BCUT2D eigenvalue weighted by molar-refractivity contribution is 6.01. The van der Waals surface area contributed by atoms with Crippen molar-refractivity contribution in [3.63, 3.8) is 0 Å². The Morgan fingerprint density at radius 2 is 0.652 bits per heavy atom. The van der Waals surface area contributed by atoms with Crippen molar-refractivity contribution in [2.45, 2.75) is 122 Å². The molecule has 3 aromatic heterocycles. The minimum atomic E-state index is -0.809. The molecule has 0 aliphatic rings. The zero-order valence-corrected chi connectivity index (χ0v) is 51.7. The van der Waals surface area contributed by atoms with Gasteiger partial charge in [-0.2, -0.15) is 0 Å². The number of benzene rings is 6. The minimum absolute atomic E-state index is 0. The molecule has 15 N–H and O–H groups in total. The first-order chi connectivity index (χ1) is 42.7. The average Bonchev–Trinajstić information content (AvgIpc) is 2.64. The molecule has 0 aliphatic carbocycles. The van der Waals surface area contributed by atoms with Crippen LogP contribution < -0.4 is 49.1 Å². The number of carbonyl (C=O) groups excluding carboxylic acids is 6. The molecule has 0 aliphatic heterocycles. The fourth-order valence-corrected chi connectivity index (χ4v) is 11.6. The van der Waals surface area contributed by atoms with E-state index in [4.69, 9.17) is 17.2 Å². The highest BCUT2D eigenvalue weighted by Gasteiger charge is 2.26. The number of hydrogen-bond donors (Lipinski definition) is 12. The van der Waals surface area contributed by atoms with Crippen molar-refractivity contribution in [1.82, 2.24) is 30.9 Å². The lowest BCUT2D eigenvalue weighted by atomic mass is 9.85. The van der Waals surface area contributed by atoms with Gasteiger partial charge in [-0.15, -0.1) is 12.4 Å². The number of rotatable bonds is 30. The van der Waals surface area contributed by atoms with Gasteiger partial charge in [0.2, 0.25) is 35.4 Å². The predicted molar refractivity (Wildman–Crippen MR) is 358 cm³/mol. The number of aryl methyl sites for hydroxylation is 3. The third-order valence-electron chi connectivity index (χ3n) is 16.4. The maximum Gasteiger partial charge on any atom is 0.246 e. The van der Waals surface area contributed by atoms with E-state index in [9.17, 15) is 28.8 Å². The summed E-state index contributed by atoms with van der Waals surface area (Å²) in [4.78, 5) is 92.7. The van der Waals surface area contributed by atoms with Crippen LogP contribution in [-0.4, -0.2) is 88.2 Å². The normalized spacial score (nSPS) is 12.3. The summed E-state index contributed by atoms with van der Waals surface area (Å²) < 4.78 is 0. The molecule has 19 heteroatoms. The Bertz CT molecular complexity index is 3480. The van der Waals surface area contributed by atoms with Crippen molar-refractivity contribution >= 4 is 97.6 Å². The van der Waals surface area contributed by atoms with E-state index in [1.807, 2.05) is 167 Å². The van der Waals surface area contributed by atoms with Crippen LogP contribution in [0.25, 0.3) is 32.7 Å². The standard InChI is InChI=1S/C70H82N12O6.ClH/c1-43-13-10-16-55-49(40-74-65(43)55)37-61(83)80-58(19-4-7-34-71)68(86)77-52-28-22-46(23-29-52)64(47-24-30-53(31-25-47)78-69(87)59(20-5-8-35-72)81-62(84)38-50-41-75-66-44(2)14-11-17-56(50)66)48-26-32-54(33-27-48)79-70(88)60(21-6-9-36-73)82-63(85)39-51-42-76-67-45(3)15-12-18-57(51)67;/h10-18,22-33,40-42,58-60,64,74-76H,4-9,19-21,34-39,71-73H2,1-3H3,(H,77,86)(H,78,87)(H,79,88)(H,80,83)(H,81,84)(H,82,85);1H/t58-,59-,60-;/m1./s1. The lowest BCUT2D eigenvalue weighted by Crippen LogP contribution is -2.44. The number of para-hydroxylation sites is 3. The second-order valence-corrected chi connectivity index (χ2v) is 22.9. The van der Waals surface area contributed by atoms with Crippen LogP contribution in [0.2, 0.25) is 0 Å². The zero-order valence-electron chi connectivity index (χ0n) is 50.9. The number of nitrogens with two attached hydrogens (primary N) is 3. The molecule has 0 unspecified atom stereocenters. The Hall–Kier alpha value is -9.07. The van der Waals surface area contributed by atoms with Crippen molar-refractivity contribution in [2.75, 3.05) is 35.6 Å². The second-order valence-electron chi connectivity index (χ2n) is 22.9. The molecular weight excluding hydrogens is 1140 g/mol. The number of aromatic amines is 3. The number of anilines is 3. The van der Waals surface area contributed by atoms with E-state index in [2.05, 4.69) is 46.9 Å². The van der Waals surface area contributed by atoms with Gasteiger partial charge >= 0.3 is 0 Å². The molecule has 0 saturated carbocycles. The molecule has 18 nitrogen and oxygen atoms in total. The maximum atomic E-state index is 14.1. The van der Waals surface area contributed by atoms with Gasteiger partial charge in [0, 0.05) is 74.3 Å². The number of fused-ring (bicyclic) bond motifs is 3. The van der Waals surface area contributed by atoms with Crippen LogP contribution >= 0.6 is 12.4 Å². The van der Waals surface area contributed by atoms with Crippen LogP contribution in [0.1, 0.15) is 114 Å². The van der Waals surface area contributed by atoms with Gasteiger partial charge in [0.15, 0.2) is 0 Å². The van der Waals surface area contributed by atoms with Crippen molar-refractivity contribution < 1.29 is 28.8 Å². The molecule has 0 bridgehead atoms. The first-order valence-electron chi connectivity index (χ1n) is 30.6. The van der Waals surface area contributed by atoms with Gasteiger partial charge in [-0.25, -0.2) is 0 Å².